The predicted octanol–water partition coefficient (Wildman–Crippen LogP) is 2.11. The minimum Gasteiger partial charge on any atom is -0.550 e. The zero-order valence-electron chi connectivity index (χ0n) is 20.4. The van der Waals surface area contributed by atoms with Crippen molar-refractivity contribution < 1.29 is 19.3 Å². The molecule has 7 nitrogen and oxygen atoms in total. The molecule has 176 valence electrons. The van der Waals surface area contributed by atoms with Crippen molar-refractivity contribution in [3.63, 3.8) is 0 Å². The van der Waals surface area contributed by atoms with E-state index in [1.54, 1.807) is 42.5 Å². The number of carboxylic acid groups (broad SMARTS) is 1. The molecule has 1 aromatic heterocycles. The van der Waals surface area contributed by atoms with Crippen LogP contribution in [0.5, 0.6) is 0 Å². The molecule has 33 heavy (non-hydrogen) atoms. The molecule has 0 bridgehead atoms. The molecule has 0 aliphatic heterocycles. The molecule has 7 heteroatoms. The number of carbonyl (C=O) groups excluding carboxylic acids is 1. The van der Waals surface area contributed by atoms with Crippen molar-refractivity contribution in [2.75, 3.05) is 0 Å². The number of hydrogen-bond acceptors (Lipinski definition) is 4. The molecule has 0 radical (unpaired) electrons. The van der Waals surface area contributed by atoms with E-state index in [4.69, 9.17) is 4.42 Å². The summed E-state index contributed by atoms with van der Waals surface area (Å²) < 4.78 is 5.66. The smallest absolute Gasteiger partial charge is 0.384 e. The summed E-state index contributed by atoms with van der Waals surface area (Å²) in [5, 5.41) is 15.0. The van der Waals surface area contributed by atoms with Gasteiger partial charge in [0.25, 0.3) is 0 Å². The lowest BCUT2D eigenvalue weighted by Crippen LogP contribution is -2.80. The Hall–Kier alpha value is -3.48. The Kier molecular flexibility index (Phi) is 8.91. The maximum Gasteiger partial charge on any atom is 0.384 e. The van der Waals surface area contributed by atoms with E-state index < -0.39 is 11.9 Å². The highest BCUT2D eigenvalue weighted by molar-refractivity contribution is 5.92. The first-order valence-corrected chi connectivity index (χ1v) is 11.1. The van der Waals surface area contributed by atoms with Crippen molar-refractivity contribution in [1.82, 2.24) is 5.32 Å². The van der Waals surface area contributed by atoms with Gasteiger partial charge in [0.05, 0.1) is 28.6 Å². The van der Waals surface area contributed by atoms with Crippen LogP contribution >= 0.6 is 0 Å². The molecule has 1 heterocycles. The quantitative estimate of drug-likeness (QED) is 0.359. The number of guanidine groups is 1. The molecule has 0 aliphatic carbocycles. The largest absolute Gasteiger partial charge is 0.550 e. The lowest BCUT2D eigenvalue weighted by molar-refractivity contribution is -0.496. The van der Waals surface area contributed by atoms with Gasteiger partial charge in [0.15, 0.2) is 0 Å². The van der Waals surface area contributed by atoms with Gasteiger partial charge in [0.1, 0.15) is 11.2 Å². The van der Waals surface area contributed by atoms with Gasteiger partial charge >= 0.3 is 5.96 Å². The first-order valence-electron chi connectivity index (χ1n) is 11.1. The maximum absolute atomic E-state index is 12.4. The van der Waals surface area contributed by atoms with E-state index in [0.29, 0.717) is 39.6 Å². The van der Waals surface area contributed by atoms with E-state index in [1.807, 2.05) is 13.8 Å². The third-order valence-electron chi connectivity index (χ3n) is 4.64. The van der Waals surface area contributed by atoms with Crippen LogP contribution in [-0.2, 0) is 4.79 Å². The van der Waals surface area contributed by atoms with Gasteiger partial charge < -0.3 is 14.3 Å². The summed E-state index contributed by atoms with van der Waals surface area (Å²) in [6.45, 7) is 13.9. The maximum atomic E-state index is 12.4. The second-order valence-electron chi connectivity index (χ2n) is 8.73. The van der Waals surface area contributed by atoms with Crippen LogP contribution in [0.25, 0.3) is 21.9 Å². The number of aliphatic imine (C=N–C) groups is 1. The Morgan fingerprint density at radius 3 is 2.21 bits per heavy atom. The minimum atomic E-state index is -1.17. The molecule has 3 aromatic rings. The zero-order valence-corrected chi connectivity index (χ0v) is 20.4. The molecule has 2 aromatic carbocycles. The Balaban J connectivity index is 0.000000260. The number of carboxylic acids is 1. The molecule has 0 saturated carbocycles. The minimum absolute atomic E-state index is 0.158. The summed E-state index contributed by atoms with van der Waals surface area (Å²) in [4.78, 5) is 31.0. The number of fused-ring (bicyclic) bond motifs is 2. The molecule has 0 aliphatic rings. The first-order chi connectivity index (χ1) is 15.5. The van der Waals surface area contributed by atoms with Crippen molar-refractivity contribution in [3.05, 3.63) is 58.3 Å². The normalized spacial score (nSPS) is 12.5. The highest BCUT2D eigenvalue weighted by atomic mass is 16.4. The monoisotopic (exact) mass is 451 g/mol. The summed E-state index contributed by atoms with van der Waals surface area (Å²) in [6, 6.07) is 12.6. The molecule has 1 unspecified atom stereocenters. The fourth-order valence-corrected chi connectivity index (χ4v) is 3.10. The summed E-state index contributed by atoms with van der Waals surface area (Å²) in [6.07, 6.45) is 0. The molecule has 0 amide bonds. The van der Waals surface area contributed by atoms with E-state index in [-0.39, 0.29) is 5.43 Å². The van der Waals surface area contributed by atoms with E-state index in [1.165, 1.54) is 6.92 Å². The number of nitrogens with zero attached hydrogens (tertiary/aromatic N) is 1. The van der Waals surface area contributed by atoms with Gasteiger partial charge in [-0.3, -0.25) is 15.1 Å². The summed E-state index contributed by atoms with van der Waals surface area (Å²) in [5.74, 6) is -1.08. The molecular formula is C26H33N3O4. The van der Waals surface area contributed by atoms with Gasteiger partial charge in [0, 0.05) is 11.9 Å². The molecule has 0 fully saturated rings. The Bertz CT molecular complexity index is 1240. The molecule has 0 spiro atoms. The van der Waals surface area contributed by atoms with E-state index >= 15 is 0 Å². The summed E-state index contributed by atoms with van der Waals surface area (Å²) >= 11 is 0. The highest BCUT2D eigenvalue weighted by Gasteiger charge is 2.12. The number of carbonyl (C=O) groups is 1. The second-order valence-corrected chi connectivity index (χ2v) is 8.73. The van der Waals surface area contributed by atoms with Gasteiger partial charge in [0.2, 0.25) is 5.43 Å². The van der Waals surface area contributed by atoms with Crippen molar-refractivity contribution in [3.8, 4) is 0 Å². The summed E-state index contributed by atoms with van der Waals surface area (Å²) in [5.41, 5.74) is 2.39. The van der Waals surface area contributed by atoms with Gasteiger partial charge in [-0.15, -0.1) is 0 Å². The van der Waals surface area contributed by atoms with Gasteiger partial charge in [-0.25, -0.2) is 0 Å². The lowest BCUT2D eigenvalue weighted by atomic mass is 9.99. The Morgan fingerprint density at radius 2 is 1.64 bits per heavy atom. The lowest BCUT2D eigenvalue weighted by Gasteiger charge is -2.13. The fourth-order valence-electron chi connectivity index (χ4n) is 3.10. The van der Waals surface area contributed by atoms with Crippen LogP contribution in [0.3, 0.4) is 0 Å². The van der Waals surface area contributed by atoms with Gasteiger partial charge in [-0.1, -0.05) is 30.1 Å². The number of benzene rings is 2. The molecular weight excluding hydrogens is 418 g/mol. The molecule has 3 rings (SSSR count). The van der Waals surface area contributed by atoms with E-state index in [9.17, 15) is 14.7 Å². The number of nitrogens with one attached hydrogen (secondary N) is 2. The third kappa shape index (κ3) is 7.27. The van der Waals surface area contributed by atoms with Crippen molar-refractivity contribution in [2.24, 2.45) is 4.99 Å². The zero-order chi connectivity index (χ0) is 24.7. The standard InChI is InChI=1S/C16H12O4.C10H21N3/c1-9(16(18)19)10-6-7-14-12(8-10)15(17)11-4-2-3-5-13(11)20-14;1-7(2)11-10(12-8(3)4)13-9(5)6/h2-9H,1H3,(H,18,19);7-8H,1-6H3,(H,11,12). The Labute approximate surface area is 194 Å². The number of aliphatic carboxylic acids is 1. The fraction of sp³-hybridized carbons (Fsp3) is 0.385. The topological polar surface area (TPSA) is 109 Å². The number of para-hydroxylation sites is 1. The number of rotatable bonds is 4. The molecule has 0 saturated heterocycles. The van der Waals surface area contributed by atoms with Crippen molar-refractivity contribution in [1.29, 1.82) is 0 Å². The van der Waals surface area contributed by atoms with Crippen LogP contribution in [0.1, 0.15) is 59.9 Å². The second kappa shape index (κ2) is 11.4. The van der Waals surface area contributed by atoms with Crippen LogP contribution in [-0.4, -0.2) is 29.7 Å². The van der Waals surface area contributed by atoms with Crippen LogP contribution < -0.4 is 20.8 Å². The first kappa shape index (κ1) is 25.8. The van der Waals surface area contributed by atoms with E-state index in [0.717, 1.165) is 11.7 Å². The predicted molar refractivity (Wildman–Crippen MR) is 132 cm³/mol. The Morgan fingerprint density at radius 1 is 1.00 bits per heavy atom. The van der Waals surface area contributed by atoms with Gasteiger partial charge in [-0.05, 0) is 71.4 Å². The van der Waals surface area contributed by atoms with Crippen molar-refractivity contribution in [2.45, 2.75) is 66.5 Å². The average Bonchev–Trinajstić information content (AvgIpc) is 2.72. The van der Waals surface area contributed by atoms with Gasteiger partial charge in [-0.2, -0.15) is 0 Å². The summed E-state index contributed by atoms with van der Waals surface area (Å²) in [7, 11) is 0. The third-order valence-corrected chi connectivity index (χ3v) is 4.64. The average molecular weight is 452 g/mol. The van der Waals surface area contributed by atoms with Crippen LogP contribution in [0.4, 0.5) is 0 Å². The van der Waals surface area contributed by atoms with Crippen LogP contribution in [0, 0.1) is 0 Å². The van der Waals surface area contributed by atoms with E-state index in [2.05, 4.69) is 43.0 Å². The van der Waals surface area contributed by atoms with Crippen LogP contribution in [0.2, 0.25) is 0 Å². The highest BCUT2D eigenvalue weighted by Crippen LogP contribution is 2.22. The van der Waals surface area contributed by atoms with Crippen LogP contribution in [0.15, 0.2) is 56.7 Å². The number of hydrogen-bond donors (Lipinski definition) is 2. The molecule has 1 atom stereocenters. The van der Waals surface area contributed by atoms with Crippen molar-refractivity contribution >= 4 is 39.6 Å². The molecule has 2 N–H and O–H groups in total. The SMILES string of the molecule is CC(C(=O)[O-])c1ccc2oc3ccccc3c(=O)c2c1.CC(C)=NC(NC(C)C)=[NH+]C(C)C.